The molecule has 0 aliphatic carbocycles. The van der Waals surface area contributed by atoms with Crippen molar-refractivity contribution in [2.24, 2.45) is 0 Å². The van der Waals surface area contributed by atoms with E-state index in [1.807, 2.05) is 0 Å². The quantitative estimate of drug-likeness (QED) is 0.746. The molecule has 78 valence electrons. The molecule has 1 aromatic heterocycles. The van der Waals surface area contributed by atoms with Gasteiger partial charge in [0.1, 0.15) is 11.5 Å². The molecule has 1 aromatic rings. The topological polar surface area (TPSA) is 38.1 Å². The molecule has 1 unspecified atom stereocenters. The smallest absolute Gasteiger partial charge is 0.142 e. The van der Waals surface area contributed by atoms with Crippen molar-refractivity contribution >= 4 is 0 Å². The molecule has 1 aliphatic heterocycles. The molecule has 3 heteroatoms. The summed E-state index contributed by atoms with van der Waals surface area (Å²) in [5, 5.41) is 7.54. The lowest BCUT2D eigenvalue weighted by Gasteiger charge is -2.12. The normalized spacial score (nSPS) is 22.9. The SMILES string of the molecule is CC(C)(C)c1cc(C2CCCN2)no1. The van der Waals surface area contributed by atoms with Gasteiger partial charge in [-0.25, -0.2) is 0 Å². The lowest BCUT2D eigenvalue weighted by molar-refractivity contribution is 0.322. The molecule has 0 aromatic carbocycles. The molecule has 0 saturated carbocycles. The van der Waals surface area contributed by atoms with Crippen molar-refractivity contribution in [3.05, 3.63) is 17.5 Å². The van der Waals surface area contributed by atoms with Crippen molar-refractivity contribution < 1.29 is 4.52 Å². The predicted molar refractivity (Wildman–Crippen MR) is 55.2 cm³/mol. The number of nitrogens with one attached hydrogen (secondary N) is 1. The number of nitrogens with zero attached hydrogens (tertiary/aromatic N) is 1. The minimum Gasteiger partial charge on any atom is -0.361 e. The average molecular weight is 194 g/mol. The van der Waals surface area contributed by atoms with Gasteiger partial charge in [-0.1, -0.05) is 25.9 Å². The Morgan fingerprint density at radius 1 is 1.50 bits per heavy atom. The first-order valence-corrected chi connectivity index (χ1v) is 5.28. The third kappa shape index (κ3) is 1.82. The van der Waals surface area contributed by atoms with E-state index in [0.717, 1.165) is 18.0 Å². The summed E-state index contributed by atoms with van der Waals surface area (Å²) in [5.41, 5.74) is 1.12. The predicted octanol–water partition coefficient (Wildman–Crippen LogP) is 2.40. The molecule has 1 fully saturated rings. The highest BCUT2D eigenvalue weighted by Gasteiger charge is 2.24. The van der Waals surface area contributed by atoms with Crippen LogP contribution in [0.4, 0.5) is 0 Å². The summed E-state index contributed by atoms with van der Waals surface area (Å²) in [5.74, 6) is 0.973. The van der Waals surface area contributed by atoms with Crippen LogP contribution in [0, 0.1) is 0 Å². The third-order valence-electron chi connectivity index (χ3n) is 2.68. The fraction of sp³-hybridized carbons (Fsp3) is 0.727. The molecule has 1 aliphatic rings. The van der Waals surface area contributed by atoms with Gasteiger partial charge in [-0.3, -0.25) is 0 Å². The molecule has 2 heterocycles. The van der Waals surface area contributed by atoms with Gasteiger partial charge in [0.15, 0.2) is 0 Å². The lowest BCUT2D eigenvalue weighted by Crippen LogP contribution is -2.13. The van der Waals surface area contributed by atoms with Crippen LogP contribution in [-0.4, -0.2) is 11.7 Å². The Balaban J connectivity index is 2.17. The lowest BCUT2D eigenvalue weighted by atomic mass is 9.93. The molecule has 14 heavy (non-hydrogen) atoms. The minimum atomic E-state index is 0.0594. The number of hydrogen-bond donors (Lipinski definition) is 1. The van der Waals surface area contributed by atoms with Gasteiger partial charge in [0.25, 0.3) is 0 Å². The zero-order valence-electron chi connectivity index (χ0n) is 9.13. The molecule has 2 rings (SSSR count). The summed E-state index contributed by atoms with van der Waals surface area (Å²) >= 11 is 0. The Kier molecular flexibility index (Phi) is 2.35. The van der Waals surface area contributed by atoms with Crippen molar-refractivity contribution in [3.8, 4) is 0 Å². The molecular weight excluding hydrogens is 176 g/mol. The highest BCUT2D eigenvalue weighted by molar-refractivity contribution is 5.16. The number of rotatable bonds is 1. The van der Waals surface area contributed by atoms with Gasteiger partial charge in [0, 0.05) is 11.5 Å². The summed E-state index contributed by atoms with van der Waals surface area (Å²) in [7, 11) is 0. The molecule has 1 saturated heterocycles. The Morgan fingerprint density at radius 3 is 2.79 bits per heavy atom. The molecule has 0 amide bonds. The molecule has 0 radical (unpaired) electrons. The maximum atomic E-state index is 5.35. The van der Waals surface area contributed by atoms with E-state index in [9.17, 15) is 0 Å². The van der Waals surface area contributed by atoms with Crippen molar-refractivity contribution in [1.82, 2.24) is 10.5 Å². The van der Waals surface area contributed by atoms with E-state index in [1.165, 1.54) is 12.8 Å². The van der Waals surface area contributed by atoms with E-state index in [0.29, 0.717) is 6.04 Å². The van der Waals surface area contributed by atoms with Crippen LogP contribution in [0.2, 0.25) is 0 Å². The van der Waals surface area contributed by atoms with Crippen LogP contribution >= 0.6 is 0 Å². The van der Waals surface area contributed by atoms with E-state index >= 15 is 0 Å². The number of hydrogen-bond acceptors (Lipinski definition) is 3. The van der Waals surface area contributed by atoms with Crippen LogP contribution < -0.4 is 5.32 Å². The molecule has 3 nitrogen and oxygen atoms in total. The van der Waals surface area contributed by atoms with Gasteiger partial charge < -0.3 is 9.84 Å². The Morgan fingerprint density at radius 2 is 2.29 bits per heavy atom. The highest BCUT2D eigenvalue weighted by Crippen LogP contribution is 2.27. The van der Waals surface area contributed by atoms with Crippen molar-refractivity contribution in [2.75, 3.05) is 6.54 Å². The van der Waals surface area contributed by atoms with Crippen LogP contribution in [0.3, 0.4) is 0 Å². The van der Waals surface area contributed by atoms with Crippen molar-refractivity contribution in [1.29, 1.82) is 0 Å². The Labute approximate surface area is 84.9 Å². The van der Waals surface area contributed by atoms with Gasteiger partial charge in [0.2, 0.25) is 0 Å². The highest BCUT2D eigenvalue weighted by atomic mass is 16.5. The maximum Gasteiger partial charge on any atom is 0.142 e. The summed E-state index contributed by atoms with van der Waals surface area (Å²) < 4.78 is 5.35. The van der Waals surface area contributed by atoms with Crippen LogP contribution in [-0.2, 0) is 5.41 Å². The average Bonchev–Trinajstić information content (AvgIpc) is 2.73. The fourth-order valence-corrected chi connectivity index (χ4v) is 1.74. The van der Waals surface area contributed by atoms with Gasteiger partial charge in [-0.2, -0.15) is 0 Å². The summed E-state index contributed by atoms with van der Waals surface area (Å²) in [6.45, 7) is 7.51. The molecule has 1 N–H and O–H groups in total. The Bertz CT molecular complexity index is 305. The largest absolute Gasteiger partial charge is 0.361 e. The zero-order valence-corrected chi connectivity index (χ0v) is 9.13. The van der Waals surface area contributed by atoms with Gasteiger partial charge in [-0.05, 0) is 19.4 Å². The number of aromatic nitrogens is 1. The Hall–Kier alpha value is -0.830. The van der Waals surface area contributed by atoms with E-state index in [2.05, 4.69) is 37.3 Å². The first-order chi connectivity index (χ1) is 6.57. The van der Waals surface area contributed by atoms with Crippen LogP contribution in [0.25, 0.3) is 0 Å². The molecule has 0 bridgehead atoms. The van der Waals surface area contributed by atoms with Crippen LogP contribution in [0.5, 0.6) is 0 Å². The standard InChI is InChI=1S/C11H18N2O/c1-11(2,3)10-7-9(13-14-10)8-5-4-6-12-8/h7-8,12H,4-6H2,1-3H3. The second kappa shape index (κ2) is 3.39. The van der Waals surface area contributed by atoms with E-state index < -0.39 is 0 Å². The monoisotopic (exact) mass is 194 g/mol. The summed E-state index contributed by atoms with van der Waals surface area (Å²) in [6.07, 6.45) is 2.42. The third-order valence-corrected chi connectivity index (χ3v) is 2.68. The summed E-state index contributed by atoms with van der Waals surface area (Å²) in [6, 6.07) is 2.50. The van der Waals surface area contributed by atoms with Gasteiger partial charge in [0.05, 0.1) is 6.04 Å². The molecule has 1 atom stereocenters. The van der Waals surface area contributed by atoms with Gasteiger partial charge in [-0.15, -0.1) is 0 Å². The maximum absolute atomic E-state index is 5.35. The first-order valence-electron chi connectivity index (χ1n) is 5.28. The zero-order chi connectivity index (χ0) is 10.2. The summed E-state index contributed by atoms with van der Waals surface area (Å²) in [4.78, 5) is 0. The van der Waals surface area contributed by atoms with E-state index in [1.54, 1.807) is 0 Å². The van der Waals surface area contributed by atoms with Crippen molar-refractivity contribution in [3.63, 3.8) is 0 Å². The second-order valence-corrected chi connectivity index (χ2v) is 5.01. The molecule has 0 spiro atoms. The van der Waals surface area contributed by atoms with Crippen molar-refractivity contribution in [2.45, 2.75) is 45.1 Å². The van der Waals surface area contributed by atoms with Gasteiger partial charge >= 0.3 is 0 Å². The molecular formula is C11H18N2O. The van der Waals surface area contributed by atoms with Crippen LogP contribution in [0.1, 0.15) is 51.1 Å². The minimum absolute atomic E-state index is 0.0594. The van der Waals surface area contributed by atoms with E-state index in [4.69, 9.17) is 4.52 Å². The first kappa shape index (κ1) is 9.71. The fourth-order valence-electron chi connectivity index (χ4n) is 1.74. The van der Waals surface area contributed by atoms with E-state index in [-0.39, 0.29) is 5.41 Å². The second-order valence-electron chi connectivity index (χ2n) is 5.01. The van der Waals surface area contributed by atoms with Crippen LogP contribution in [0.15, 0.2) is 10.6 Å².